The lowest BCUT2D eigenvalue weighted by Gasteiger charge is -2.17. The first-order valence-electron chi connectivity index (χ1n) is 9.91. The molecule has 0 fully saturated rings. The number of aryl methyl sites for hydroxylation is 1. The Morgan fingerprint density at radius 3 is 2.57 bits per heavy atom. The van der Waals surface area contributed by atoms with Crippen molar-refractivity contribution in [3.63, 3.8) is 0 Å². The summed E-state index contributed by atoms with van der Waals surface area (Å²) >= 11 is 0. The largest absolute Gasteiger partial charge is 0.342 e. The van der Waals surface area contributed by atoms with Crippen LogP contribution in [0.15, 0.2) is 54.6 Å². The van der Waals surface area contributed by atoms with Crippen molar-refractivity contribution >= 4 is 18.3 Å². The van der Waals surface area contributed by atoms with Gasteiger partial charge in [-0.1, -0.05) is 30.7 Å². The predicted octanol–water partition coefficient (Wildman–Crippen LogP) is 4.58. The number of nitrogens with one attached hydrogen (secondary N) is 1. The molecule has 1 amide bonds. The van der Waals surface area contributed by atoms with Crippen molar-refractivity contribution in [2.45, 2.75) is 32.2 Å². The van der Waals surface area contributed by atoms with Gasteiger partial charge in [-0.25, -0.2) is 4.39 Å². The number of carbonyl (C=O) groups excluding carboxylic acids is 1. The number of H-pyrrole nitrogens is 1. The SMILES string of the molecule is CN(CCCCCc1cc(-c2cccc(F)c2)n[nH]1)C(=O)c1ccc(CN)cc1.Cl. The molecule has 0 bridgehead atoms. The Balaban J connectivity index is 0.00000320. The van der Waals surface area contributed by atoms with Gasteiger partial charge in [0.05, 0.1) is 5.69 Å². The molecule has 0 aliphatic rings. The molecule has 0 radical (unpaired) electrons. The highest BCUT2D eigenvalue weighted by atomic mass is 35.5. The van der Waals surface area contributed by atoms with Crippen molar-refractivity contribution in [2.24, 2.45) is 5.73 Å². The van der Waals surface area contributed by atoms with Crippen molar-refractivity contribution in [3.8, 4) is 11.3 Å². The highest BCUT2D eigenvalue weighted by Gasteiger charge is 2.11. The maximum atomic E-state index is 13.3. The lowest BCUT2D eigenvalue weighted by molar-refractivity contribution is 0.0792. The van der Waals surface area contributed by atoms with E-state index in [0.717, 1.165) is 54.7 Å². The number of unbranched alkanes of at least 4 members (excludes halogenated alkanes) is 2. The Labute approximate surface area is 182 Å². The van der Waals surface area contributed by atoms with Crippen LogP contribution >= 0.6 is 12.4 Å². The van der Waals surface area contributed by atoms with Crippen LogP contribution in [0.3, 0.4) is 0 Å². The van der Waals surface area contributed by atoms with Gasteiger partial charge in [-0.3, -0.25) is 9.89 Å². The fourth-order valence-electron chi connectivity index (χ4n) is 3.23. The van der Waals surface area contributed by atoms with Gasteiger partial charge in [-0.2, -0.15) is 5.10 Å². The van der Waals surface area contributed by atoms with Crippen LogP contribution in [0.2, 0.25) is 0 Å². The number of aromatic amines is 1. The second-order valence-corrected chi connectivity index (χ2v) is 7.23. The minimum Gasteiger partial charge on any atom is -0.342 e. The number of hydrogen-bond donors (Lipinski definition) is 2. The monoisotopic (exact) mass is 430 g/mol. The molecule has 3 N–H and O–H groups in total. The average Bonchev–Trinajstić information content (AvgIpc) is 3.22. The van der Waals surface area contributed by atoms with E-state index in [4.69, 9.17) is 5.73 Å². The van der Waals surface area contributed by atoms with Gasteiger partial charge < -0.3 is 10.6 Å². The van der Waals surface area contributed by atoms with Gasteiger partial charge in [-0.05, 0) is 55.2 Å². The van der Waals surface area contributed by atoms with E-state index in [1.54, 1.807) is 11.0 Å². The summed E-state index contributed by atoms with van der Waals surface area (Å²) in [6, 6.07) is 15.8. The lowest BCUT2D eigenvalue weighted by Crippen LogP contribution is -2.27. The van der Waals surface area contributed by atoms with Crippen LogP contribution in [0.25, 0.3) is 11.3 Å². The van der Waals surface area contributed by atoms with Crippen LogP contribution in [-0.4, -0.2) is 34.6 Å². The highest BCUT2D eigenvalue weighted by molar-refractivity contribution is 5.94. The van der Waals surface area contributed by atoms with Gasteiger partial charge in [0.15, 0.2) is 0 Å². The topological polar surface area (TPSA) is 75.0 Å². The first kappa shape index (κ1) is 23.6. The van der Waals surface area contributed by atoms with Crippen molar-refractivity contribution in [3.05, 3.63) is 77.2 Å². The molecule has 0 unspecified atom stereocenters. The number of amides is 1. The van der Waals surface area contributed by atoms with E-state index in [-0.39, 0.29) is 24.1 Å². The Hall–Kier alpha value is -2.70. The maximum Gasteiger partial charge on any atom is 0.253 e. The number of rotatable bonds is 9. The van der Waals surface area contributed by atoms with Gasteiger partial charge in [0.25, 0.3) is 5.91 Å². The molecule has 0 spiro atoms. The van der Waals surface area contributed by atoms with Crippen molar-refractivity contribution in [2.75, 3.05) is 13.6 Å². The van der Waals surface area contributed by atoms with E-state index in [1.165, 1.54) is 12.1 Å². The molecule has 0 aliphatic carbocycles. The summed E-state index contributed by atoms with van der Waals surface area (Å²) in [5.41, 5.74) is 9.86. The van der Waals surface area contributed by atoms with E-state index in [9.17, 15) is 9.18 Å². The lowest BCUT2D eigenvalue weighted by atomic mass is 10.1. The summed E-state index contributed by atoms with van der Waals surface area (Å²) in [5.74, 6) is -0.233. The van der Waals surface area contributed by atoms with Crippen LogP contribution in [-0.2, 0) is 13.0 Å². The van der Waals surface area contributed by atoms with Gasteiger partial charge in [0, 0.05) is 37.0 Å². The molecule has 7 heteroatoms. The summed E-state index contributed by atoms with van der Waals surface area (Å²) < 4.78 is 13.3. The number of hydrogen-bond acceptors (Lipinski definition) is 3. The fourth-order valence-corrected chi connectivity index (χ4v) is 3.23. The number of halogens is 2. The third-order valence-electron chi connectivity index (χ3n) is 4.97. The first-order chi connectivity index (χ1) is 14.1. The van der Waals surface area contributed by atoms with E-state index in [1.807, 2.05) is 43.4 Å². The standard InChI is InChI=1S/C23H27FN4O.ClH/c1-28(23(29)18-11-9-17(16-25)10-12-18)13-4-2-3-8-21-15-22(27-26-21)19-6-5-7-20(24)14-19;/h5-7,9-12,14-15H,2-4,8,13,16,25H2,1H3,(H,26,27);1H. The molecular formula is C23H28ClFN4O. The van der Waals surface area contributed by atoms with Crippen LogP contribution in [0.5, 0.6) is 0 Å². The van der Waals surface area contributed by atoms with E-state index in [0.29, 0.717) is 12.1 Å². The summed E-state index contributed by atoms with van der Waals surface area (Å²) in [6.45, 7) is 1.19. The Morgan fingerprint density at radius 1 is 1.10 bits per heavy atom. The highest BCUT2D eigenvalue weighted by Crippen LogP contribution is 2.19. The quantitative estimate of drug-likeness (QED) is 0.488. The molecule has 1 aromatic heterocycles. The van der Waals surface area contributed by atoms with E-state index in [2.05, 4.69) is 10.2 Å². The number of nitrogens with zero attached hydrogens (tertiary/aromatic N) is 2. The van der Waals surface area contributed by atoms with Gasteiger partial charge >= 0.3 is 0 Å². The molecule has 1 heterocycles. The Bertz CT molecular complexity index is 942. The smallest absolute Gasteiger partial charge is 0.253 e. The Morgan fingerprint density at radius 2 is 1.87 bits per heavy atom. The molecule has 160 valence electrons. The first-order valence-corrected chi connectivity index (χ1v) is 9.91. The van der Waals surface area contributed by atoms with Gasteiger partial charge in [0.2, 0.25) is 0 Å². The zero-order valence-corrected chi connectivity index (χ0v) is 17.9. The van der Waals surface area contributed by atoms with Crippen LogP contribution in [0.1, 0.15) is 40.9 Å². The molecule has 2 aromatic carbocycles. The van der Waals surface area contributed by atoms with Crippen LogP contribution in [0, 0.1) is 5.82 Å². The van der Waals surface area contributed by atoms with E-state index < -0.39 is 0 Å². The maximum absolute atomic E-state index is 13.3. The van der Waals surface area contributed by atoms with E-state index >= 15 is 0 Å². The normalized spacial score (nSPS) is 10.5. The summed E-state index contributed by atoms with van der Waals surface area (Å²) in [4.78, 5) is 14.2. The Kier molecular flexibility index (Phi) is 9.02. The summed E-state index contributed by atoms with van der Waals surface area (Å²) in [7, 11) is 1.83. The second-order valence-electron chi connectivity index (χ2n) is 7.23. The molecule has 5 nitrogen and oxygen atoms in total. The van der Waals surface area contributed by atoms with Crippen molar-refractivity contribution in [1.82, 2.24) is 15.1 Å². The molecule has 0 aliphatic heterocycles. The molecule has 3 aromatic rings. The van der Waals surface area contributed by atoms with Crippen molar-refractivity contribution in [1.29, 1.82) is 0 Å². The third kappa shape index (κ3) is 6.40. The average molecular weight is 431 g/mol. The number of nitrogens with two attached hydrogens (primary N) is 1. The number of benzene rings is 2. The second kappa shape index (κ2) is 11.5. The fraction of sp³-hybridized carbons (Fsp3) is 0.304. The molecule has 0 saturated carbocycles. The van der Waals surface area contributed by atoms with Crippen molar-refractivity contribution < 1.29 is 9.18 Å². The minimum atomic E-state index is -0.263. The summed E-state index contributed by atoms with van der Waals surface area (Å²) in [6.07, 6.45) is 3.82. The van der Waals surface area contributed by atoms with Gasteiger partial charge in [0.1, 0.15) is 5.82 Å². The zero-order valence-electron chi connectivity index (χ0n) is 17.1. The van der Waals surface area contributed by atoms with Crippen LogP contribution < -0.4 is 5.73 Å². The van der Waals surface area contributed by atoms with Crippen LogP contribution in [0.4, 0.5) is 4.39 Å². The van der Waals surface area contributed by atoms with Gasteiger partial charge in [-0.15, -0.1) is 12.4 Å². The number of aromatic nitrogens is 2. The number of carbonyl (C=O) groups is 1. The molecule has 0 saturated heterocycles. The summed E-state index contributed by atoms with van der Waals surface area (Å²) in [5, 5.41) is 7.30. The third-order valence-corrected chi connectivity index (χ3v) is 4.97. The predicted molar refractivity (Wildman–Crippen MR) is 120 cm³/mol. The molecule has 30 heavy (non-hydrogen) atoms. The zero-order chi connectivity index (χ0) is 20.6. The molecular weight excluding hydrogens is 403 g/mol. The molecule has 0 atom stereocenters. The minimum absolute atomic E-state index is 0. The molecule has 3 rings (SSSR count).